The van der Waals surface area contributed by atoms with Crippen LogP contribution in [0.25, 0.3) is 21.8 Å². The van der Waals surface area contributed by atoms with Gasteiger partial charge in [0.05, 0.1) is 36.4 Å². The number of esters is 6. The molecule has 0 spiro atoms. The first-order valence-electron chi connectivity index (χ1n) is 44.6. The number of rotatable bonds is 35. The Hall–Kier alpha value is -11.9. The quantitative estimate of drug-likeness (QED) is 0.0176. The van der Waals surface area contributed by atoms with Crippen LogP contribution in [0.5, 0.6) is 0 Å². The number of ether oxygens (including phenoxy) is 7. The van der Waals surface area contributed by atoms with Crippen molar-refractivity contribution in [3.05, 3.63) is 72.1 Å². The molecule has 14 N–H and O–H groups in total. The predicted molar refractivity (Wildman–Crippen MR) is 507 cm³/mol. The average Bonchev–Trinajstić information content (AvgIpc) is 1.65. The molecule has 0 radical (unpaired) electrons. The van der Waals surface area contributed by atoms with Crippen molar-refractivity contribution in [3.63, 3.8) is 0 Å². The predicted octanol–water partition coefficient (Wildman–Crippen LogP) is 4.15. The summed E-state index contributed by atoms with van der Waals surface area (Å²) in [5, 5.41) is 63.6. The fourth-order valence-electron chi connectivity index (χ4n) is 12.5. The van der Waals surface area contributed by atoms with Gasteiger partial charge in [-0.2, -0.15) is 0 Å². The third-order valence-electron chi connectivity index (χ3n) is 18.4. The van der Waals surface area contributed by atoms with Crippen LogP contribution in [0.3, 0.4) is 0 Å². The number of nitrogens with zero attached hydrogens (tertiary/aromatic N) is 5. The maximum Gasteiger partial charge on any atom is 0.411 e. The molecule has 0 saturated heterocycles. The number of aromatic amines is 2. The molecule has 7 heterocycles. The largest absolute Gasteiger partial charge is 0.550 e. The molecule has 4 aromatic rings. The van der Waals surface area contributed by atoms with E-state index in [9.17, 15) is 57.5 Å². The van der Waals surface area contributed by atoms with E-state index in [0.29, 0.717) is 31.1 Å². The lowest BCUT2D eigenvalue weighted by atomic mass is 9.97. The first-order valence-corrected chi connectivity index (χ1v) is 46.5. The molecule has 2 aromatic heterocycles. The van der Waals surface area contributed by atoms with Crippen molar-refractivity contribution < 1.29 is 156 Å². The minimum absolute atomic E-state index is 0.133. The molecule has 2 aromatic carbocycles. The molecule has 1 unspecified atom stereocenters. The fourth-order valence-corrected chi connectivity index (χ4v) is 13.5. The van der Waals surface area contributed by atoms with Gasteiger partial charge >= 0.3 is 41.9 Å². The molecular formula is C90H131Cl5N15O30-. The second-order valence-electron chi connectivity index (χ2n) is 34.9. The molecule has 45 nitrogen and oxygen atoms in total. The second-order valence-corrected chi connectivity index (χ2v) is 37.1. The molecule has 50 heteroatoms. The number of carboxylic acid groups (broad SMARTS) is 3. The van der Waals surface area contributed by atoms with Crippen LogP contribution in [-0.2, 0) is 137 Å². The Morgan fingerprint density at radius 3 is 0.979 bits per heavy atom. The maximum absolute atomic E-state index is 13.1. The number of carbonyl (C=O) groups is 15. The lowest BCUT2D eigenvalue weighted by Gasteiger charge is -2.25. The minimum Gasteiger partial charge on any atom is -0.550 e. The number of halogens is 5. The van der Waals surface area contributed by atoms with Gasteiger partial charge in [0.15, 0.2) is 72.8 Å². The standard InChI is InChI=1S/C21H25ClN4O5.C20H24ClN3O4.C16H25ClN2O7.C14H24ClN3O4.C13H22ClN3O4.3C2H4O2/c1-11(2)30-21(29)19(17-9-18(22)26-31-17)25-20(28)16(24-12(3)27)8-13-10-23-15-7-5-4-6-14(13)15;1-11(2)27-20(26)18(16-9-17(21)24-28-16)23-19(25)12(3)8-13-10-22-15-7-5-4-6-14(13)15;1-8(2)23-13(20)12(10-7-11(17)19-26-10)18-15(22)25-9(3)24-14(21)16(4,5)6;1-7(2)5-9(16)13(19)17-12(14(20)21-8(3)4)10-6-11(15)18-22-10;1-4-20-13(19)11(9-6-10(14)17-21-9)16-12(18)8(15)5-7(2)3;3*1-2(3)4/h4-7,10-11,16-17,19,23H,8-9H2,1-3H3,(H,24,27)(H,25,28);4-7,10-12,16,18,22H,8-9H2,1-3H3,(H,23,25);8-10,12H,7H2,1-6H3,(H,18,22);7-10,12H,5-6,16H2,1-4H3,(H,17,19);7-9,11H,4-6,15H2,1-3H3,(H,16,18);3*1H3,(H,3,4)/p-1/t16-,17+,19+;12-,16+,18+;9?,10-,12-;9-,10+,12+;8-,9+,11+;;;/m11011.../s1. The molecule has 9 rings (SSSR count). The Balaban J connectivity index is 0.000000577. The summed E-state index contributed by atoms with van der Waals surface area (Å²) in [6.45, 7) is 36.1. The SMILES string of the molecule is CC(=O)N[C@H](Cc1c[nH]c2ccccc12)C(=O)N[C@H](C(=O)OC(C)C)[C@@H]1CC(Cl)=NO1.CC(=O)[O-].CC(=O)[O-].CC(=O)[O-].CC(C)C[C@@H]([NH3+])C(=O)N[C@H](C(=O)OC(C)C)[C@@H]1CC(Cl)=NO1.CC(C)OC(=O)[C@@H](NC(=O)OC(C)OC(=O)C(C)(C)C)[C@@H]1CC(Cl)=NO1.CC(C)OC(=O)[C@@H](NC(=O)[C@H](C)Cc1c[nH]c2ccccc12)[C@@H]1CC(Cl)=NO1.CCOC(=O)[C@@H](NC(=O)[C@H]([NH3+])CC(C)C)[C@@H]1CC(Cl)=NO1. The number of aliphatic carboxylic acids is 3. The van der Waals surface area contributed by atoms with Gasteiger partial charge in [-0.05, 0) is 145 Å². The highest BCUT2D eigenvalue weighted by Gasteiger charge is 2.45. The van der Waals surface area contributed by atoms with Gasteiger partial charge in [0.2, 0.25) is 24.0 Å². The molecule has 0 aliphatic carbocycles. The van der Waals surface area contributed by atoms with Crippen LogP contribution in [-0.4, -0.2) is 241 Å². The van der Waals surface area contributed by atoms with Gasteiger partial charge in [-0.1, -0.05) is 155 Å². The summed E-state index contributed by atoms with van der Waals surface area (Å²) in [6.07, 6.45) is -0.341. The summed E-state index contributed by atoms with van der Waals surface area (Å²) in [5.41, 5.74) is 10.7. The maximum atomic E-state index is 13.1. The van der Waals surface area contributed by atoms with E-state index in [1.807, 2.05) is 89.3 Å². The van der Waals surface area contributed by atoms with Gasteiger partial charge in [0.1, 0.15) is 31.9 Å². The number of quaternary nitrogens is 2. The van der Waals surface area contributed by atoms with Gasteiger partial charge in [-0.25, -0.2) is 28.8 Å². The third-order valence-corrected chi connectivity index (χ3v) is 19.5. The van der Waals surface area contributed by atoms with Gasteiger partial charge in [0.25, 0.3) is 11.8 Å². The van der Waals surface area contributed by atoms with Crippen molar-refractivity contribution >= 4 is 195 Å². The molecule has 140 heavy (non-hydrogen) atoms. The van der Waals surface area contributed by atoms with E-state index in [0.717, 1.165) is 53.7 Å². The molecule has 6 amide bonds. The fraction of sp³-hybridized carbons (Fsp3) is 0.600. The van der Waals surface area contributed by atoms with Crippen molar-refractivity contribution in [2.24, 2.45) is 48.9 Å². The van der Waals surface area contributed by atoms with Gasteiger partial charge in [-0.3, -0.25) is 28.8 Å². The number of hydrogen-bond acceptors (Lipinski definition) is 35. The summed E-state index contributed by atoms with van der Waals surface area (Å²) in [6, 6.07) is 8.59. The van der Waals surface area contributed by atoms with E-state index in [-0.39, 0.29) is 119 Å². The van der Waals surface area contributed by atoms with Crippen molar-refractivity contribution in [1.82, 2.24) is 41.9 Å². The number of carboxylic acids is 3. The highest BCUT2D eigenvalue weighted by atomic mass is 35.5. The van der Waals surface area contributed by atoms with E-state index in [2.05, 4.69) is 79.1 Å². The number of oxime groups is 5. The molecule has 5 aliphatic rings. The smallest absolute Gasteiger partial charge is 0.411 e. The summed E-state index contributed by atoms with van der Waals surface area (Å²) in [5.74, 6) is -8.35. The Kier molecular flexibility index (Phi) is 55.2. The Labute approximate surface area is 835 Å². The van der Waals surface area contributed by atoms with Crippen molar-refractivity contribution in [3.8, 4) is 0 Å². The number of benzene rings is 2. The number of alkyl carbamates (subject to hydrolysis) is 1. The Morgan fingerprint density at radius 2 is 0.700 bits per heavy atom. The molecule has 0 bridgehead atoms. The Morgan fingerprint density at radius 1 is 0.414 bits per heavy atom. The highest BCUT2D eigenvalue weighted by Crippen LogP contribution is 2.28. The van der Waals surface area contributed by atoms with Crippen LogP contribution in [0, 0.1) is 23.2 Å². The number of carbonyl (C=O) groups excluding carboxylic acids is 15. The van der Waals surface area contributed by atoms with Crippen molar-refractivity contribution in [1.29, 1.82) is 0 Å². The zero-order valence-electron chi connectivity index (χ0n) is 82.3. The van der Waals surface area contributed by atoms with E-state index in [4.69, 9.17) is 145 Å². The average molecular weight is 2080 g/mol. The number of fused-ring (bicyclic) bond motifs is 2. The summed E-state index contributed by atoms with van der Waals surface area (Å²) in [4.78, 5) is 206. The topological polar surface area (TPSA) is 657 Å². The van der Waals surface area contributed by atoms with E-state index in [1.165, 1.54) is 13.8 Å². The van der Waals surface area contributed by atoms with Crippen LogP contribution in [0.1, 0.15) is 208 Å². The molecule has 0 saturated carbocycles. The monoisotopic (exact) mass is 2080 g/mol. The number of H-pyrrole nitrogens is 2. The zero-order chi connectivity index (χ0) is 106. The van der Waals surface area contributed by atoms with E-state index >= 15 is 0 Å². The van der Waals surface area contributed by atoms with Crippen LogP contribution in [0.15, 0.2) is 86.7 Å². The number of amides is 6. The molecule has 5 aliphatic heterocycles. The van der Waals surface area contributed by atoms with Crippen LogP contribution in [0.2, 0.25) is 0 Å². The zero-order valence-corrected chi connectivity index (χ0v) is 86.0. The number of hydrogen-bond donors (Lipinski definition) is 10. The van der Waals surface area contributed by atoms with Gasteiger partial charge < -0.3 is 140 Å². The second kappa shape index (κ2) is 62.3. The van der Waals surface area contributed by atoms with Crippen molar-refractivity contribution in [2.75, 3.05) is 6.61 Å². The Bertz CT molecular complexity index is 4900. The van der Waals surface area contributed by atoms with Crippen molar-refractivity contribution in [2.45, 2.75) is 320 Å². The first-order chi connectivity index (χ1) is 65.2. The summed E-state index contributed by atoms with van der Waals surface area (Å²) in [7, 11) is 0. The van der Waals surface area contributed by atoms with Crippen LogP contribution < -0.4 is 58.7 Å². The molecule has 0 fully saturated rings. The normalized spacial score (nSPS) is 17.9. The van der Waals surface area contributed by atoms with Gasteiger partial charge in [-0.15, -0.1) is 0 Å². The van der Waals surface area contributed by atoms with Crippen LogP contribution in [0.4, 0.5) is 4.79 Å². The summed E-state index contributed by atoms with van der Waals surface area (Å²) < 4.78 is 35.8. The molecular weight excluding hydrogens is 1950 g/mol. The first kappa shape index (κ1) is 124. The minimum atomic E-state index is -1.18. The number of para-hydroxylation sites is 2. The molecule has 782 valence electrons. The van der Waals surface area contributed by atoms with Crippen LogP contribution >= 0.6 is 58.0 Å². The number of nitrogens with one attached hydrogen (secondary N) is 8. The van der Waals surface area contributed by atoms with E-state index < -0.39 is 162 Å². The molecule has 15 atom stereocenters. The van der Waals surface area contributed by atoms with E-state index in [1.54, 1.807) is 89.3 Å². The summed E-state index contributed by atoms with van der Waals surface area (Å²) >= 11 is 29.0. The highest BCUT2D eigenvalue weighted by molar-refractivity contribution is 6.67. The van der Waals surface area contributed by atoms with Gasteiger partial charge in [0, 0.05) is 123 Å². The lowest BCUT2D eigenvalue weighted by molar-refractivity contribution is -0.407. The third kappa shape index (κ3) is 48.3. The lowest BCUT2D eigenvalue weighted by Crippen LogP contribution is -2.69. The number of aromatic nitrogens is 2.